The predicted octanol–water partition coefficient (Wildman–Crippen LogP) is 3.14. The first-order valence-electron chi connectivity index (χ1n) is 3.76. The van der Waals surface area contributed by atoms with Crippen LogP contribution in [0.4, 0.5) is 13.2 Å². The van der Waals surface area contributed by atoms with E-state index >= 15 is 0 Å². The summed E-state index contributed by atoms with van der Waals surface area (Å²) in [5.41, 5.74) is -0.0981. The van der Waals surface area contributed by atoms with Gasteiger partial charge in [0.2, 0.25) is 0 Å². The van der Waals surface area contributed by atoms with Gasteiger partial charge in [-0.1, -0.05) is 17.7 Å². The molecule has 4 heteroatoms. The Labute approximate surface area is 75.7 Å². The van der Waals surface area contributed by atoms with E-state index in [2.05, 4.69) is 4.99 Å². The van der Waals surface area contributed by atoms with Gasteiger partial charge in [0, 0.05) is 7.05 Å². The molecule has 0 spiro atoms. The Hall–Kier alpha value is -1.06. The number of hydrogen-bond donors (Lipinski definition) is 0. The highest BCUT2D eigenvalue weighted by Crippen LogP contribution is 2.18. The molecule has 0 heterocycles. The van der Waals surface area contributed by atoms with Crippen molar-refractivity contribution in [2.45, 2.75) is 20.0 Å². The van der Waals surface area contributed by atoms with Crippen LogP contribution in [-0.4, -0.2) is 18.9 Å². The third-order valence-electron chi connectivity index (χ3n) is 1.49. The Morgan fingerprint density at radius 1 is 1.23 bits per heavy atom. The fraction of sp³-hybridized carbons (Fsp3) is 0.444. The summed E-state index contributed by atoms with van der Waals surface area (Å²) < 4.78 is 36.2. The maximum atomic E-state index is 12.1. The van der Waals surface area contributed by atoms with Crippen LogP contribution >= 0.6 is 0 Å². The van der Waals surface area contributed by atoms with Gasteiger partial charge < -0.3 is 0 Å². The molecule has 1 nitrogen and oxygen atoms in total. The molecule has 0 unspecified atom stereocenters. The lowest BCUT2D eigenvalue weighted by molar-refractivity contribution is -0.0577. The minimum atomic E-state index is -4.36. The summed E-state index contributed by atoms with van der Waals surface area (Å²) in [6.07, 6.45) is -0.287. The van der Waals surface area contributed by atoms with E-state index in [9.17, 15) is 13.2 Å². The van der Waals surface area contributed by atoms with Crippen molar-refractivity contribution in [3.05, 3.63) is 23.8 Å². The van der Waals surface area contributed by atoms with Crippen molar-refractivity contribution in [2.24, 2.45) is 4.99 Å². The van der Waals surface area contributed by atoms with Crippen LogP contribution in [0.2, 0.25) is 0 Å². The SMILES string of the molecule is C/C=C(C)/C=C\C(=NC)C(F)(F)F. The van der Waals surface area contributed by atoms with E-state index in [0.717, 1.165) is 18.7 Å². The molecule has 0 aliphatic carbocycles. The first-order chi connectivity index (χ1) is 5.91. The topological polar surface area (TPSA) is 12.4 Å². The Morgan fingerprint density at radius 3 is 2.08 bits per heavy atom. The minimum absolute atomic E-state index is 0.769. The largest absolute Gasteiger partial charge is 0.432 e. The zero-order valence-corrected chi connectivity index (χ0v) is 7.81. The van der Waals surface area contributed by atoms with Crippen molar-refractivity contribution >= 4 is 5.71 Å². The van der Waals surface area contributed by atoms with Crippen LogP contribution in [0.1, 0.15) is 13.8 Å². The van der Waals surface area contributed by atoms with Crippen molar-refractivity contribution in [3.63, 3.8) is 0 Å². The highest BCUT2D eigenvalue weighted by molar-refractivity contribution is 5.99. The molecule has 74 valence electrons. The van der Waals surface area contributed by atoms with Gasteiger partial charge in [0.15, 0.2) is 0 Å². The second kappa shape index (κ2) is 4.84. The molecule has 0 atom stereocenters. The van der Waals surface area contributed by atoms with Crippen LogP contribution in [0, 0.1) is 0 Å². The van der Waals surface area contributed by atoms with Gasteiger partial charge in [0.05, 0.1) is 0 Å². The van der Waals surface area contributed by atoms with Crippen LogP contribution in [0.3, 0.4) is 0 Å². The molecule has 0 N–H and O–H groups in total. The van der Waals surface area contributed by atoms with E-state index in [1.807, 2.05) is 0 Å². The predicted molar refractivity (Wildman–Crippen MR) is 48.0 cm³/mol. The number of aliphatic imine (C=N–C) groups is 1. The van der Waals surface area contributed by atoms with Gasteiger partial charge in [-0.05, 0) is 19.9 Å². The zero-order valence-electron chi connectivity index (χ0n) is 7.81. The lowest BCUT2D eigenvalue weighted by Gasteiger charge is -2.04. The smallest absolute Gasteiger partial charge is 0.284 e. The molecular weight excluding hydrogens is 179 g/mol. The molecule has 0 aliphatic heterocycles. The fourth-order valence-corrected chi connectivity index (χ4v) is 0.602. The monoisotopic (exact) mass is 191 g/mol. The third-order valence-corrected chi connectivity index (χ3v) is 1.49. The summed E-state index contributed by atoms with van der Waals surface area (Å²) in [4.78, 5) is 3.14. The molecule has 13 heavy (non-hydrogen) atoms. The molecule has 0 aromatic carbocycles. The number of halogens is 3. The number of rotatable bonds is 2. The number of alkyl halides is 3. The van der Waals surface area contributed by atoms with Crippen LogP contribution in [0.25, 0.3) is 0 Å². The van der Waals surface area contributed by atoms with Crippen LogP contribution in [0.15, 0.2) is 28.8 Å². The molecule has 0 aromatic heterocycles. The van der Waals surface area contributed by atoms with Gasteiger partial charge in [0.1, 0.15) is 5.71 Å². The van der Waals surface area contributed by atoms with E-state index in [4.69, 9.17) is 0 Å². The van der Waals surface area contributed by atoms with Gasteiger partial charge in [-0.2, -0.15) is 13.2 Å². The average Bonchev–Trinajstić information content (AvgIpc) is 2.02. The van der Waals surface area contributed by atoms with E-state index < -0.39 is 11.9 Å². The van der Waals surface area contributed by atoms with Gasteiger partial charge >= 0.3 is 6.18 Å². The van der Waals surface area contributed by atoms with Crippen LogP contribution < -0.4 is 0 Å². The van der Waals surface area contributed by atoms with E-state index in [0.29, 0.717) is 0 Å². The molecule has 0 fully saturated rings. The Balaban J connectivity index is 4.60. The van der Waals surface area contributed by atoms with Crippen molar-refractivity contribution in [3.8, 4) is 0 Å². The molecule has 0 aliphatic rings. The summed E-state index contributed by atoms with van der Waals surface area (Å²) in [6.45, 7) is 3.48. The highest BCUT2D eigenvalue weighted by Gasteiger charge is 2.32. The number of hydrogen-bond acceptors (Lipinski definition) is 1. The fourth-order valence-electron chi connectivity index (χ4n) is 0.602. The second-order valence-corrected chi connectivity index (χ2v) is 2.47. The van der Waals surface area contributed by atoms with Crippen molar-refractivity contribution in [2.75, 3.05) is 7.05 Å². The summed E-state index contributed by atoms with van der Waals surface area (Å²) in [6, 6.07) is 0. The summed E-state index contributed by atoms with van der Waals surface area (Å²) in [7, 11) is 1.12. The van der Waals surface area contributed by atoms with E-state index in [-0.39, 0.29) is 0 Å². The van der Waals surface area contributed by atoms with Crippen molar-refractivity contribution < 1.29 is 13.2 Å². The maximum Gasteiger partial charge on any atom is 0.432 e. The Morgan fingerprint density at radius 2 is 1.77 bits per heavy atom. The first-order valence-corrected chi connectivity index (χ1v) is 3.76. The van der Waals surface area contributed by atoms with Crippen molar-refractivity contribution in [1.29, 1.82) is 0 Å². The zero-order chi connectivity index (χ0) is 10.5. The van der Waals surface area contributed by atoms with E-state index in [1.54, 1.807) is 19.9 Å². The number of nitrogens with zero attached hydrogens (tertiary/aromatic N) is 1. The van der Waals surface area contributed by atoms with Gasteiger partial charge in [-0.3, -0.25) is 4.99 Å². The quantitative estimate of drug-likeness (QED) is 0.469. The Bertz CT molecular complexity index is 246. The summed E-state index contributed by atoms with van der Waals surface area (Å²) >= 11 is 0. The second-order valence-electron chi connectivity index (χ2n) is 2.47. The molecule has 0 bridgehead atoms. The molecule has 0 saturated carbocycles. The normalized spacial score (nSPS) is 15.5. The molecule has 0 rings (SSSR count). The molecule has 0 aromatic rings. The summed E-state index contributed by atoms with van der Waals surface area (Å²) in [5, 5.41) is 0. The first kappa shape index (κ1) is 11.9. The maximum absolute atomic E-state index is 12.1. The summed E-state index contributed by atoms with van der Waals surface area (Å²) in [5.74, 6) is 0. The van der Waals surface area contributed by atoms with E-state index in [1.165, 1.54) is 6.08 Å². The molecule has 0 amide bonds. The van der Waals surface area contributed by atoms with Crippen LogP contribution in [-0.2, 0) is 0 Å². The van der Waals surface area contributed by atoms with Crippen molar-refractivity contribution in [1.82, 2.24) is 0 Å². The number of allylic oxidation sites excluding steroid dienone is 4. The highest BCUT2D eigenvalue weighted by atomic mass is 19.4. The lowest BCUT2D eigenvalue weighted by atomic mass is 10.2. The molecule has 0 radical (unpaired) electrons. The lowest BCUT2D eigenvalue weighted by Crippen LogP contribution is -2.20. The molecular formula is C9H12F3N. The van der Waals surface area contributed by atoms with Gasteiger partial charge in [-0.15, -0.1) is 0 Å². The third kappa shape index (κ3) is 4.50. The Kier molecular flexibility index (Phi) is 4.45. The van der Waals surface area contributed by atoms with Crippen LogP contribution in [0.5, 0.6) is 0 Å². The molecule has 0 saturated heterocycles. The minimum Gasteiger partial charge on any atom is -0.284 e. The van der Waals surface area contributed by atoms with Gasteiger partial charge in [0.25, 0.3) is 0 Å². The van der Waals surface area contributed by atoms with Gasteiger partial charge in [-0.25, -0.2) is 0 Å². The standard InChI is InChI=1S/C9H12F3N/c1-4-7(2)5-6-8(13-3)9(10,11)12/h4-6H,1-3H3/b6-5-,7-4+,13-8?. The average molecular weight is 191 g/mol.